The van der Waals surface area contributed by atoms with Crippen LogP contribution in [0.25, 0.3) is 0 Å². The molecular formula is C21H25BrN2O3. The lowest BCUT2D eigenvalue weighted by Gasteiger charge is -2.25. The third kappa shape index (κ3) is 6.40. The van der Waals surface area contributed by atoms with Gasteiger partial charge in [-0.2, -0.15) is 0 Å². The quantitative estimate of drug-likeness (QED) is 0.672. The Hall–Kier alpha value is -2.34. The molecule has 0 saturated carbocycles. The molecule has 2 rings (SSSR count). The van der Waals surface area contributed by atoms with Gasteiger partial charge in [0.2, 0.25) is 5.91 Å². The summed E-state index contributed by atoms with van der Waals surface area (Å²) in [5.41, 5.74) is 1.73. The second-order valence-electron chi connectivity index (χ2n) is 6.34. The first-order valence-electron chi connectivity index (χ1n) is 8.97. The molecule has 0 radical (unpaired) electrons. The van der Waals surface area contributed by atoms with Gasteiger partial charge in [-0.1, -0.05) is 41.1 Å². The standard InChI is InChI=1S/C21H25BrN2O3/c1-4-13-24(14-20(25)23-19-8-6-5-7-15(19)2)21(26)16(3)27-18-11-9-17(22)10-12-18/h5-12,16H,4,13-14H2,1-3H3,(H,23,25). The van der Waals surface area contributed by atoms with E-state index in [1.54, 1.807) is 19.1 Å². The van der Waals surface area contributed by atoms with Gasteiger partial charge in [-0.25, -0.2) is 0 Å². The first-order chi connectivity index (χ1) is 12.9. The molecule has 1 unspecified atom stereocenters. The molecule has 1 N–H and O–H groups in total. The molecule has 2 aromatic rings. The van der Waals surface area contributed by atoms with Gasteiger partial charge in [-0.05, 0) is 56.2 Å². The Kier molecular flexibility index (Phi) is 7.85. The van der Waals surface area contributed by atoms with Gasteiger partial charge in [0.05, 0.1) is 6.54 Å². The first-order valence-corrected chi connectivity index (χ1v) is 9.76. The fraction of sp³-hybridized carbons (Fsp3) is 0.333. The Morgan fingerprint density at radius 3 is 2.44 bits per heavy atom. The molecular weight excluding hydrogens is 408 g/mol. The summed E-state index contributed by atoms with van der Waals surface area (Å²) in [6.07, 6.45) is 0.0815. The number of amides is 2. The molecule has 0 spiro atoms. The van der Waals surface area contributed by atoms with Crippen molar-refractivity contribution in [3.05, 3.63) is 58.6 Å². The molecule has 0 fully saturated rings. The normalized spacial score (nSPS) is 11.6. The second kappa shape index (κ2) is 10.1. The molecule has 144 valence electrons. The lowest BCUT2D eigenvalue weighted by atomic mass is 10.2. The van der Waals surface area contributed by atoms with E-state index in [-0.39, 0.29) is 18.4 Å². The number of carbonyl (C=O) groups excluding carboxylic acids is 2. The lowest BCUT2D eigenvalue weighted by Crippen LogP contribution is -2.44. The van der Waals surface area contributed by atoms with Crippen LogP contribution in [0, 0.1) is 6.92 Å². The lowest BCUT2D eigenvalue weighted by molar-refractivity contribution is -0.140. The molecule has 6 heteroatoms. The third-order valence-corrected chi connectivity index (χ3v) is 4.56. The number of para-hydroxylation sites is 1. The molecule has 0 aliphatic heterocycles. The average molecular weight is 433 g/mol. The molecule has 27 heavy (non-hydrogen) atoms. The number of benzene rings is 2. The van der Waals surface area contributed by atoms with Crippen LogP contribution in [0.4, 0.5) is 5.69 Å². The smallest absolute Gasteiger partial charge is 0.263 e. The van der Waals surface area contributed by atoms with Crippen LogP contribution in [0.2, 0.25) is 0 Å². The summed E-state index contributed by atoms with van der Waals surface area (Å²) in [6.45, 7) is 6.09. The fourth-order valence-electron chi connectivity index (χ4n) is 2.64. The van der Waals surface area contributed by atoms with Gasteiger partial charge in [0, 0.05) is 16.7 Å². The largest absolute Gasteiger partial charge is 0.481 e. The minimum Gasteiger partial charge on any atom is -0.481 e. The van der Waals surface area contributed by atoms with Crippen molar-refractivity contribution in [1.82, 2.24) is 4.90 Å². The average Bonchev–Trinajstić information content (AvgIpc) is 2.64. The van der Waals surface area contributed by atoms with Crippen molar-refractivity contribution in [3.8, 4) is 5.75 Å². The maximum absolute atomic E-state index is 12.8. The van der Waals surface area contributed by atoms with Crippen molar-refractivity contribution in [1.29, 1.82) is 0 Å². The van der Waals surface area contributed by atoms with Crippen molar-refractivity contribution < 1.29 is 14.3 Å². The maximum atomic E-state index is 12.8. The monoisotopic (exact) mass is 432 g/mol. The van der Waals surface area contributed by atoms with E-state index in [2.05, 4.69) is 21.2 Å². The minimum absolute atomic E-state index is 0.00492. The Morgan fingerprint density at radius 1 is 1.15 bits per heavy atom. The summed E-state index contributed by atoms with van der Waals surface area (Å²) in [6, 6.07) is 14.9. The molecule has 2 amide bonds. The summed E-state index contributed by atoms with van der Waals surface area (Å²) in [4.78, 5) is 26.7. The van der Waals surface area contributed by atoms with Crippen molar-refractivity contribution in [2.24, 2.45) is 0 Å². The highest BCUT2D eigenvalue weighted by atomic mass is 79.9. The van der Waals surface area contributed by atoms with Crippen molar-refractivity contribution in [3.63, 3.8) is 0 Å². The molecule has 1 atom stereocenters. The molecule has 2 aromatic carbocycles. The van der Waals surface area contributed by atoms with Crippen LogP contribution in [0.5, 0.6) is 5.75 Å². The number of ether oxygens (including phenoxy) is 1. The number of aryl methyl sites for hydroxylation is 1. The van der Waals surface area contributed by atoms with Gasteiger partial charge < -0.3 is 15.0 Å². The van der Waals surface area contributed by atoms with Gasteiger partial charge in [0.15, 0.2) is 6.10 Å². The van der Waals surface area contributed by atoms with E-state index >= 15 is 0 Å². The van der Waals surface area contributed by atoms with Crippen LogP contribution in [0.15, 0.2) is 53.0 Å². The van der Waals surface area contributed by atoms with Crippen LogP contribution in [-0.2, 0) is 9.59 Å². The van der Waals surface area contributed by atoms with Crippen LogP contribution >= 0.6 is 15.9 Å². The summed E-state index contributed by atoms with van der Waals surface area (Å²) in [7, 11) is 0. The molecule has 0 bridgehead atoms. The zero-order valence-corrected chi connectivity index (χ0v) is 17.5. The molecule has 0 heterocycles. The summed E-state index contributed by atoms with van der Waals surface area (Å²) >= 11 is 3.37. The number of hydrogen-bond donors (Lipinski definition) is 1. The van der Waals surface area contributed by atoms with Gasteiger partial charge in [0.25, 0.3) is 5.91 Å². The van der Waals surface area contributed by atoms with Crippen molar-refractivity contribution in [2.75, 3.05) is 18.4 Å². The number of nitrogens with one attached hydrogen (secondary N) is 1. The van der Waals surface area contributed by atoms with Crippen LogP contribution < -0.4 is 10.1 Å². The van der Waals surface area contributed by atoms with Crippen LogP contribution in [0.3, 0.4) is 0 Å². The van der Waals surface area contributed by atoms with Crippen molar-refractivity contribution >= 4 is 33.4 Å². The first kappa shape index (κ1) is 21.0. The number of anilines is 1. The number of halogens is 1. The van der Waals surface area contributed by atoms with Gasteiger partial charge in [-0.3, -0.25) is 9.59 Å². The highest BCUT2D eigenvalue weighted by molar-refractivity contribution is 9.10. The molecule has 0 aromatic heterocycles. The molecule has 0 aliphatic rings. The zero-order chi connectivity index (χ0) is 19.8. The second-order valence-corrected chi connectivity index (χ2v) is 7.25. The summed E-state index contributed by atoms with van der Waals surface area (Å²) in [5, 5.41) is 2.87. The predicted octanol–water partition coefficient (Wildman–Crippen LogP) is 4.40. The van der Waals surface area contributed by atoms with E-state index < -0.39 is 6.10 Å². The van der Waals surface area contributed by atoms with E-state index in [1.165, 1.54) is 4.90 Å². The Labute approximate surface area is 168 Å². The number of rotatable bonds is 8. The van der Waals surface area contributed by atoms with Gasteiger partial charge >= 0.3 is 0 Å². The highest BCUT2D eigenvalue weighted by Gasteiger charge is 2.23. The van der Waals surface area contributed by atoms with E-state index in [1.807, 2.05) is 50.2 Å². The minimum atomic E-state index is -0.677. The molecule has 0 aliphatic carbocycles. The van der Waals surface area contributed by atoms with E-state index in [9.17, 15) is 9.59 Å². The number of hydrogen-bond acceptors (Lipinski definition) is 3. The summed E-state index contributed by atoms with van der Waals surface area (Å²) < 4.78 is 6.67. The number of carbonyl (C=O) groups is 2. The highest BCUT2D eigenvalue weighted by Crippen LogP contribution is 2.18. The van der Waals surface area contributed by atoms with E-state index in [0.717, 1.165) is 22.1 Å². The van der Waals surface area contributed by atoms with Crippen molar-refractivity contribution in [2.45, 2.75) is 33.3 Å². The topological polar surface area (TPSA) is 58.6 Å². The van der Waals surface area contributed by atoms with Gasteiger partial charge in [0.1, 0.15) is 5.75 Å². The SMILES string of the molecule is CCCN(CC(=O)Nc1ccccc1C)C(=O)C(C)Oc1ccc(Br)cc1. The zero-order valence-electron chi connectivity index (χ0n) is 15.9. The molecule has 5 nitrogen and oxygen atoms in total. The summed E-state index contributed by atoms with van der Waals surface area (Å²) in [5.74, 6) is 0.182. The van der Waals surface area contributed by atoms with Gasteiger partial charge in [-0.15, -0.1) is 0 Å². The number of nitrogens with zero attached hydrogens (tertiary/aromatic N) is 1. The van der Waals surface area contributed by atoms with E-state index in [0.29, 0.717) is 12.3 Å². The Balaban J connectivity index is 1.99. The Bertz CT molecular complexity index is 777. The van der Waals surface area contributed by atoms with Crippen LogP contribution in [0.1, 0.15) is 25.8 Å². The Morgan fingerprint density at radius 2 is 1.81 bits per heavy atom. The van der Waals surface area contributed by atoms with E-state index in [4.69, 9.17) is 4.74 Å². The van der Waals surface area contributed by atoms with Crippen LogP contribution in [-0.4, -0.2) is 35.9 Å². The fourth-order valence-corrected chi connectivity index (χ4v) is 2.90. The molecule has 0 saturated heterocycles. The predicted molar refractivity (Wildman–Crippen MR) is 111 cm³/mol. The third-order valence-electron chi connectivity index (χ3n) is 4.03. The maximum Gasteiger partial charge on any atom is 0.263 e.